The summed E-state index contributed by atoms with van der Waals surface area (Å²) in [6.07, 6.45) is 0.627. The Morgan fingerprint density at radius 1 is 1.00 bits per heavy atom. The first-order valence-corrected chi connectivity index (χ1v) is 10.8. The van der Waals surface area contributed by atoms with Crippen molar-refractivity contribution in [2.24, 2.45) is 0 Å². The normalized spacial score (nSPS) is 10.9. The number of nitrogens with one attached hydrogen (secondary N) is 1. The van der Waals surface area contributed by atoms with Crippen molar-refractivity contribution >= 4 is 33.3 Å². The van der Waals surface area contributed by atoms with Crippen LogP contribution in [0.15, 0.2) is 60.7 Å². The second kappa shape index (κ2) is 9.05. The first-order valence-electron chi connectivity index (χ1n) is 9.94. The largest absolute Gasteiger partial charge is 0.462 e. The summed E-state index contributed by atoms with van der Waals surface area (Å²) in [5.74, 6) is 1.16. The molecule has 0 saturated heterocycles. The second-order valence-electron chi connectivity index (χ2n) is 6.95. The zero-order valence-electron chi connectivity index (χ0n) is 17.0. The quantitative estimate of drug-likeness (QED) is 0.409. The number of ether oxygens (including phenoxy) is 1. The number of carbonyl (C=O) groups excluding carboxylic acids is 1. The van der Waals surface area contributed by atoms with Gasteiger partial charge in [0.1, 0.15) is 21.3 Å². The van der Waals surface area contributed by atoms with Gasteiger partial charge in [-0.2, -0.15) is 0 Å². The van der Waals surface area contributed by atoms with Gasteiger partial charge in [-0.3, -0.25) is 0 Å². The Hall–Kier alpha value is -3.25. The number of aryl methyl sites for hydroxylation is 1. The van der Waals surface area contributed by atoms with Crippen LogP contribution in [-0.4, -0.2) is 22.5 Å². The average Bonchev–Trinajstić information content (AvgIpc) is 3.10. The van der Waals surface area contributed by atoms with Crippen molar-refractivity contribution in [2.75, 3.05) is 11.9 Å². The smallest absolute Gasteiger partial charge is 0.348 e. The van der Waals surface area contributed by atoms with Crippen molar-refractivity contribution in [2.45, 2.75) is 26.8 Å². The number of hydrogen-bond donors (Lipinski definition) is 1. The van der Waals surface area contributed by atoms with Crippen molar-refractivity contribution in [3.8, 4) is 0 Å². The standard InChI is InChI=1S/C24H23N3O2S/c1-3-29-24(28)21-16(2)20-22(25-15-18-12-8-5-9-13-18)26-19(27-23(20)30-21)14-17-10-6-4-7-11-17/h4-13H,3,14-15H2,1-2H3,(H,25,26,27). The van der Waals surface area contributed by atoms with Crippen LogP contribution in [0.2, 0.25) is 0 Å². The lowest BCUT2D eigenvalue weighted by atomic mass is 10.1. The number of carbonyl (C=O) groups is 1. The maximum atomic E-state index is 12.4. The Kier molecular flexibility index (Phi) is 6.05. The molecule has 0 spiro atoms. The van der Waals surface area contributed by atoms with Crippen LogP contribution < -0.4 is 5.32 Å². The molecule has 1 N–H and O–H groups in total. The SMILES string of the molecule is CCOC(=O)c1sc2nc(Cc3ccccc3)nc(NCc3ccccc3)c2c1C. The summed E-state index contributed by atoms with van der Waals surface area (Å²) in [4.78, 5) is 23.4. The van der Waals surface area contributed by atoms with E-state index < -0.39 is 0 Å². The molecule has 4 aromatic rings. The monoisotopic (exact) mass is 417 g/mol. The maximum Gasteiger partial charge on any atom is 0.348 e. The Morgan fingerprint density at radius 3 is 2.33 bits per heavy atom. The fourth-order valence-corrected chi connectivity index (χ4v) is 4.44. The van der Waals surface area contributed by atoms with E-state index in [0.717, 1.165) is 38.5 Å². The highest BCUT2D eigenvalue weighted by molar-refractivity contribution is 7.20. The van der Waals surface area contributed by atoms with E-state index in [9.17, 15) is 4.79 Å². The lowest BCUT2D eigenvalue weighted by Crippen LogP contribution is -2.06. The molecule has 0 amide bonds. The lowest BCUT2D eigenvalue weighted by molar-refractivity contribution is 0.0531. The van der Waals surface area contributed by atoms with Crippen LogP contribution in [0.25, 0.3) is 10.2 Å². The summed E-state index contributed by atoms with van der Waals surface area (Å²) >= 11 is 1.37. The summed E-state index contributed by atoms with van der Waals surface area (Å²) < 4.78 is 5.24. The van der Waals surface area contributed by atoms with Crippen LogP contribution in [0.5, 0.6) is 0 Å². The third-order valence-corrected chi connectivity index (χ3v) is 5.97. The fraction of sp³-hybridized carbons (Fsp3) is 0.208. The molecule has 0 aliphatic rings. The van der Waals surface area contributed by atoms with E-state index in [-0.39, 0.29) is 5.97 Å². The van der Waals surface area contributed by atoms with E-state index in [1.54, 1.807) is 0 Å². The molecule has 0 atom stereocenters. The fourth-order valence-electron chi connectivity index (χ4n) is 3.34. The molecule has 30 heavy (non-hydrogen) atoms. The van der Waals surface area contributed by atoms with Crippen molar-refractivity contribution in [3.63, 3.8) is 0 Å². The molecule has 2 aromatic heterocycles. The van der Waals surface area contributed by atoms with Crippen LogP contribution in [0.3, 0.4) is 0 Å². The molecule has 6 heteroatoms. The highest BCUT2D eigenvalue weighted by Crippen LogP contribution is 2.35. The number of aromatic nitrogens is 2. The van der Waals surface area contributed by atoms with Crippen molar-refractivity contribution in [3.05, 3.63) is 88.1 Å². The Balaban J connectivity index is 1.75. The van der Waals surface area contributed by atoms with Crippen LogP contribution in [-0.2, 0) is 17.7 Å². The molecule has 0 fully saturated rings. The van der Waals surface area contributed by atoms with Gasteiger partial charge >= 0.3 is 5.97 Å². The molecule has 4 rings (SSSR count). The Morgan fingerprint density at radius 2 is 1.67 bits per heavy atom. The molecule has 0 aliphatic heterocycles. The van der Waals surface area contributed by atoms with Gasteiger partial charge in [-0.25, -0.2) is 14.8 Å². The van der Waals surface area contributed by atoms with Gasteiger partial charge in [0.25, 0.3) is 0 Å². The molecule has 0 saturated carbocycles. The van der Waals surface area contributed by atoms with Crippen molar-refractivity contribution < 1.29 is 9.53 Å². The molecule has 2 aromatic carbocycles. The van der Waals surface area contributed by atoms with Crippen LogP contribution >= 0.6 is 11.3 Å². The third kappa shape index (κ3) is 4.33. The molecular weight excluding hydrogens is 394 g/mol. The maximum absolute atomic E-state index is 12.4. The number of nitrogens with zero attached hydrogens (tertiary/aromatic N) is 2. The first kappa shape index (κ1) is 20.0. The Bertz CT molecular complexity index is 1160. The molecular formula is C24H23N3O2S. The predicted molar refractivity (Wildman–Crippen MR) is 121 cm³/mol. The lowest BCUT2D eigenvalue weighted by Gasteiger charge is -2.10. The molecule has 152 valence electrons. The van der Waals surface area contributed by atoms with Gasteiger partial charge in [0.2, 0.25) is 0 Å². The topological polar surface area (TPSA) is 64.1 Å². The minimum atomic E-state index is -0.309. The average molecular weight is 418 g/mol. The molecule has 0 unspecified atom stereocenters. The van der Waals surface area contributed by atoms with Crippen molar-refractivity contribution in [1.29, 1.82) is 0 Å². The zero-order valence-corrected chi connectivity index (χ0v) is 17.8. The van der Waals surface area contributed by atoms with Crippen molar-refractivity contribution in [1.82, 2.24) is 9.97 Å². The van der Waals surface area contributed by atoms with Gasteiger partial charge in [-0.15, -0.1) is 11.3 Å². The van der Waals surface area contributed by atoms with Gasteiger partial charge in [0, 0.05) is 13.0 Å². The second-order valence-corrected chi connectivity index (χ2v) is 7.95. The van der Waals surface area contributed by atoms with Crippen LogP contribution in [0.1, 0.15) is 39.1 Å². The van der Waals surface area contributed by atoms with E-state index in [2.05, 4.69) is 29.6 Å². The third-order valence-electron chi connectivity index (χ3n) is 4.81. The number of rotatable bonds is 7. The van der Waals surface area contributed by atoms with E-state index in [1.807, 2.05) is 50.2 Å². The summed E-state index contributed by atoms with van der Waals surface area (Å²) in [5.41, 5.74) is 3.16. The molecule has 0 bridgehead atoms. The minimum absolute atomic E-state index is 0.309. The van der Waals surface area contributed by atoms with Crippen LogP contribution in [0, 0.1) is 6.92 Å². The number of esters is 1. The number of benzene rings is 2. The number of hydrogen-bond acceptors (Lipinski definition) is 6. The summed E-state index contributed by atoms with van der Waals surface area (Å²) in [5, 5.41) is 4.34. The Labute approximate surface area is 179 Å². The van der Waals surface area contributed by atoms with Crippen LogP contribution in [0.4, 0.5) is 5.82 Å². The van der Waals surface area contributed by atoms with E-state index in [0.29, 0.717) is 24.4 Å². The molecule has 0 radical (unpaired) electrons. The zero-order chi connectivity index (χ0) is 20.9. The van der Waals surface area contributed by atoms with Gasteiger partial charge in [0.05, 0.1) is 12.0 Å². The van der Waals surface area contributed by atoms with E-state index in [1.165, 1.54) is 11.3 Å². The first-order chi connectivity index (χ1) is 14.7. The number of fused-ring (bicyclic) bond motifs is 1. The molecule has 0 aliphatic carbocycles. The molecule has 5 nitrogen and oxygen atoms in total. The van der Waals surface area contributed by atoms with E-state index >= 15 is 0 Å². The van der Waals surface area contributed by atoms with Gasteiger partial charge in [0.15, 0.2) is 0 Å². The highest BCUT2D eigenvalue weighted by atomic mass is 32.1. The van der Waals surface area contributed by atoms with Gasteiger partial charge in [-0.1, -0.05) is 60.7 Å². The highest BCUT2D eigenvalue weighted by Gasteiger charge is 2.21. The summed E-state index contributed by atoms with van der Waals surface area (Å²) in [7, 11) is 0. The number of anilines is 1. The van der Waals surface area contributed by atoms with E-state index in [4.69, 9.17) is 14.7 Å². The summed E-state index contributed by atoms with van der Waals surface area (Å²) in [6, 6.07) is 20.3. The van der Waals surface area contributed by atoms with Gasteiger partial charge in [-0.05, 0) is 30.5 Å². The minimum Gasteiger partial charge on any atom is -0.462 e. The summed E-state index contributed by atoms with van der Waals surface area (Å²) in [6.45, 7) is 4.72. The number of thiophene rings is 1. The van der Waals surface area contributed by atoms with Gasteiger partial charge < -0.3 is 10.1 Å². The predicted octanol–water partition coefficient (Wildman–Crippen LogP) is 5.38. The molecule has 2 heterocycles.